The van der Waals surface area contributed by atoms with Crippen molar-refractivity contribution in [1.82, 2.24) is 20.4 Å². The van der Waals surface area contributed by atoms with Gasteiger partial charge in [0.15, 0.2) is 9.84 Å². The molecule has 0 atom stereocenters. The van der Waals surface area contributed by atoms with Gasteiger partial charge in [-0.3, -0.25) is 0 Å². The molecule has 0 spiro atoms. The molecule has 2 heterocycles. The van der Waals surface area contributed by atoms with E-state index in [-0.39, 0.29) is 5.75 Å². The maximum Gasteiger partial charge on any atom is 0.203 e. The molecule has 3 N–H and O–H groups in total. The van der Waals surface area contributed by atoms with Crippen LogP contribution in [0.3, 0.4) is 0 Å². The monoisotopic (exact) mass is 379 g/mol. The quantitative estimate of drug-likeness (QED) is 0.550. The van der Waals surface area contributed by atoms with Crippen LogP contribution in [0.1, 0.15) is 16.7 Å². The third-order valence-corrected chi connectivity index (χ3v) is 6.02. The molecule has 0 unspecified atom stereocenters. The minimum atomic E-state index is -3.44. The number of H-pyrrole nitrogens is 1. The zero-order valence-corrected chi connectivity index (χ0v) is 15.1. The Balaban J connectivity index is 1.71. The van der Waals surface area contributed by atoms with Crippen LogP contribution in [-0.4, -0.2) is 28.8 Å². The van der Waals surface area contributed by atoms with Crippen molar-refractivity contribution in [2.75, 3.05) is 5.73 Å². The molecule has 0 fully saturated rings. The third-order valence-electron chi connectivity index (χ3n) is 4.34. The highest BCUT2D eigenvalue weighted by atomic mass is 32.2. The fraction of sp³-hybridized carbons (Fsp3) is 0.105. The van der Waals surface area contributed by atoms with E-state index in [1.807, 2.05) is 24.3 Å². The second kappa shape index (κ2) is 6.81. The molecule has 0 amide bonds. The summed E-state index contributed by atoms with van der Waals surface area (Å²) in [4.78, 5) is 4.45. The Morgan fingerprint density at radius 3 is 2.37 bits per heavy atom. The number of nitrogens with zero attached hydrogens (tertiary/aromatic N) is 3. The Kier molecular flexibility index (Phi) is 4.33. The van der Waals surface area contributed by atoms with Gasteiger partial charge in [-0.1, -0.05) is 42.5 Å². The number of hydrogen-bond acceptors (Lipinski definition) is 6. The molecule has 0 aliphatic heterocycles. The van der Waals surface area contributed by atoms with E-state index in [0.29, 0.717) is 28.3 Å². The summed E-state index contributed by atoms with van der Waals surface area (Å²) in [7, 11) is -3.44. The standard InChI is InChI=1S/C19H17N5O2S/c20-17-11-15(18-19(21-17)23-24-22-18)10-13-6-4-5-7-14(13)12-27(25,26)16-8-2-1-3-9-16/h1-9,11H,10,12H2,(H3,20,21,22,23,24). The molecule has 0 aliphatic rings. The van der Waals surface area contributed by atoms with Crippen LogP contribution in [0, 0.1) is 0 Å². The second-order valence-electron chi connectivity index (χ2n) is 6.22. The van der Waals surface area contributed by atoms with E-state index in [1.165, 1.54) is 0 Å². The van der Waals surface area contributed by atoms with Crippen LogP contribution in [0.15, 0.2) is 65.6 Å². The number of fused-ring (bicyclic) bond motifs is 1. The molecule has 0 saturated carbocycles. The van der Waals surface area contributed by atoms with Gasteiger partial charge in [-0.25, -0.2) is 13.4 Å². The lowest BCUT2D eigenvalue weighted by atomic mass is 10.0. The fourth-order valence-electron chi connectivity index (χ4n) is 3.05. The van der Waals surface area contributed by atoms with E-state index >= 15 is 0 Å². The smallest absolute Gasteiger partial charge is 0.203 e. The lowest BCUT2D eigenvalue weighted by molar-refractivity contribution is 0.595. The third kappa shape index (κ3) is 3.52. The summed E-state index contributed by atoms with van der Waals surface area (Å²) in [6, 6.07) is 17.7. The van der Waals surface area contributed by atoms with Crippen molar-refractivity contribution in [2.45, 2.75) is 17.1 Å². The van der Waals surface area contributed by atoms with Crippen LogP contribution in [0.25, 0.3) is 11.2 Å². The summed E-state index contributed by atoms with van der Waals surface area (Å²) in [6.07, 6.45) is 0.482. The molecule has 136 valence electrons. The molecule has 2 aromatic heterocycles. The van der Waals surface area contributed by atoms with E-state index in [4.69, 9.17) is 5.73 Å². The predicted octanol–water partition coefficient (Wildman–Crippen LogP) is 2.50. The van der Waals surface area contributed by atoms with Crippen LogP contribution in [0.2, 0.25) is 0 Å². The van der Waals surface area contributed by atoms with E-state index in [1.54, 1.807) is 36.4 Å². The van der Waals surface area contributed by atoms with Gasteiger partial charge >= 0.3 is 0 Å². The summed E-state index contributed by atoms with van der Waals surface area (Å²) < 4.78 is 25.5. The largest absolute Gasteiger partial charge is 0.384 e. The first-order valence-electron chi connectivity index (χ1n) is 8.33. The van der Waals surface area contributed by atoms with E-state index in [0.717, 1.165) is 16.7 Å². The van der Waals surface area contributed by atoms with Crippen molar-refractivity contribution < 1.29 is 8.42 Å². The molecule has 7 nitrogen and oxygen atoms in total. The van der Waals surface area contributed by atoms with Gasteiger partial charge in [0.05, 0.1) is 10.6 Å². The van der Waals surface area contributed by atoms with Crippen LogP contribution < -0.4 is 5.73 Å². The Morgan fingerprint density at radius 1 is 0.889 bits per heavy atom. The molecule has 4 rings (SSSR count). The van der Waals surface area contributed by atoms with Gasteiger partial charge in [0, 0.05) is 6.42 Å². The average molecular weight is 379 g/mol. The molecule has 0 bridgehead atoms. The van der Waals surface area contributed by atoms with Crippen molar-refractivity contribution in [3.05, 3.63) is 77.4 Å². The molecule has 27 heavy (non-hydrogen) atoms. The second-order valence-corrected chi connectivity index (χ2v) is 8.21. The number of anilines is 1. The van der Waals surface area contributed by atoms with Crippen LogP contribution in [-0.2, 0) is 22.0 Å². The van der Waals surface area contributed by atoms with Gasteiger partial charge in [-0.2, -0.15) is 10.3 Å². The molecular weight excluding hydrogens is 362 g/mol. The van der Waals surface area contributed by atoms with Crippen molar-refractivity contribution in [1.29, 1.82) is 0 Å². The number of aromatic amines is 1. The zero-order valence-electron chi connectivity index (χ0n) is 14.3. The van der Waals surface area contributed by atoms with Gasteiger partial charge < -0.3 is 5.73 Å². The van der Waals surface area contributed by atoms with Crippen molar-refractivity contribution >= 4 is 26.8 Å². The van der Waals surface area contributed by atoms with Gasteiger partial charge in [0.2, 0.25) is 5.65 Å². The summed E-state index contributed by atoms with van der Waals surface area (Å²) >= 11 is 0. The number of nitrogens with one attached hydrogen (secondary N) is 1. The Hall–Kier alpha value is -3.26. The fourth-order valence-corrected chi connectivity index (χ4v) is 4.48. The lowest BCUT2D eigenvalue weighted by Gasteiger charge is -2.11. The predicted molar refractivity (Wildman–Crippen MR) is 103 cm³/mol. The van der Waals surface area contributed by atoms with Crippen molar-refractivity contribution in [3.8, 4) is 0 Å². The van der Waals surface area contributed by atoms with Gasteiger partial charge in [-0.05, 0) is 34.9 Å². The Morgan fingerprint density at radius 2 is 1.59 bits per heavy atom. The molecule has 0 radical (unpaired) electrons. The van der Waals surface area contributed by atoms with Gasteiger partial charge in [-0.15, -0.1) is 5.10 Å². The normalized spacial score (nSPS) is 11.7. The maximum absolute atomic E-state index is 12.8. The van der Waals surface area contributed by atoms with Crippen LogP contribution in [0.5, 0.6) is 0 Å². The molecule has 2 aromatic carbocycles. The van der Waals surface area contributed by atoms with Crippen LogP contribution >= 0.6 is 0 Å². The number of sulfone groups is 1. The molecule has 4 aromatic rings. The summed E-state index contributed by atoms with van der Waals surface area (Å²) in [6.45, 7) is 0. The first kappa shape index (κ1) is 17.2. The van der Waals surface area contributed by atoms with Gasteiger partial charge in [0.1, 0.15) is 11.3 Å². The van der Waals surface area contributed by atoms with Crippen LogP contribution in [0.4, 0.5) is 5.82 Å². The first-order valence-corrected chi connectivity index (χ1v) is 9.98. The summed E-state index contributed by atoms with van der Waals surface area (Å²) in [5.74, 6) is 0.274. The molecule has 0 aliphatic carbocycles. The maximum atomic E-state index is 12.8. The number of pyridine rings is 1. The average Bonchev–Trinajstić information content (AvgIpc) is 3.12. The minimum Gasteiger partial charge on any atom is -0.384 e. The van der Waals surface area contributed by atoms with Crippen molar-refractivity contribution in [2.24, 2.45) is 0 Å². The number of rotatable bonds is 5. The Labute approximate surface area is 156 Å². The van der Waals surface area contributed by atoms with Gasteiger partial charge in [0.25, 0.3) is 0 Å². The van der Waals surface area contributed by atoms with E-state index in [9.17, 15) is 8.42 Å². The zero-order chi connectivity index (χ0) is 18.9. The minimum absolute atomic E-state index is 0.0737. The first-order chi connectivity index (χ1) is 13.0. The highest BCUT2D eigenvalue weighted by molar-refractivity contribution is 7.90. The molecule has 8 heteroatoms. The number of nitrogen functional groups attached to an aromatic ring is 1. The SMILES string of the molecule is Nc1cc(Cc2ccccc2CS(=O)(=O)c2ccccc2)c2n[nH]nc2n1. The molecular formula is C19H17N5O2S. The highest BCUT2D eigenvalue weighted by Crippen LogP contribution is 2.24. The van der Waals surface area contributed by atoms with Crippen molar-refractivity contribution in [3.63, 3.8) is 0 Å². The summed E-state index contributed by atoms with van der Waals surface area (Å²) in [5, 5.41) is 10.7. The van der Waals surface area contributed by atoms with E-state index in [2.05, 4.69) is 20.4 Å². The van der Waals surface area contributed by atoms with E-state index < -0.39 is 9.84 Å². The number of benzene rings is 2. The molecule has 0 saturated heterocycles. The number of aromatic nitrogens is 4. The highest BCUT2D eigenvalue weighted by Gasteiger charge is 2.18. The number of hydrogen-bond donors (Lipinski definition) is 2. The lowest BCUT2D eigenvalue weighted by Crippen LogP contribution is -2.07. The summed E-state index contributed by atoms with van der Waals surface area (Å²) in [5.41, 5.74) is 9.42. The number of nitrogens with two attached hydrogens (primary N) is 1. The topological polar surface area (TPSA) is 115 Å². The Bertz CT molecular complexity index is 1200.